The van der Waals surface area contributed by atoms with E-state index in [9.17, 15) is 15.5 Å². The predicted molar refractivity (Wildman–Crippen MR) is 97.8 cm³/mol. The zero-order valence-corrected chi connectivity index (χ0v) is 14.3. The SMILES string of the molecule is Cc1ccc(-c2[nH]c(-c3ccc([O-])cc3)c(N(C)[O-])c2N(C)O)cc1. The molecule has 0 fully saturated rings. The van der Waals surface area contributed by atoms with Crippen molar-refractivity contribution in [2.24, 2.45) is 0 Å². The van der Waals surface area contributed by atoms with Gasteiger partial charge in [-0.15, -0.1) is 5.75 Å². The van der Waals surface area contributed by atoms with Gasteiger partial charge in [0.05, 0.1) is 17.1 Å². The normalized spacial score (nSPS) is 10.8. The van der Waals surface area contributed by atoms with Crippen LogP contribution in [0.25, 0.3) is 22.5 Å². The number of hydrogen-bond donors (Lipinski definition) is 2. The highest BCUT2D eigenvalue weighted by molar-refractivity contribution is 5.96. The van der Waals surface area contributed by atoms with Crippen LogP contribution in [0, 0.1) is 12.1 Å². The Bertz CT molecular complexity index is 794. The molecule has 2 aromatic carbocycles. The van der Waals surface area contributed by atoms with Gasteiger partial charge in [-0.25, -0.2) is 0 Å². The molecule has 1 heterocycles. The van der Waals surface area contributed by atoms with Crippen LogP contribution < -0.4 is 15.2 Å². The molecular formula is C19H19N3O3-2. The summed E-state index contributed by atoms with van der Waals surface area (Å²) >= 11 is 0. The number of benzene rings is 2. The Kier molecular flexibility index (Phi) is 4.39. The van der Waals surface area contributed by atoms with Crippen LogP contribution in [0.2, 0.25) is 0 Å². The first-order valence-electron chi connectivity index (χ1n) is 7.82. The van der Waals surface area contributed by atoms with E-state index in [2.05, 4.69) is 4.98 Å². The third-order valence-corrected chi connectivity index (χ3v) is 4.07. The molecule has 2 N–H and O–H groups in total. The number of hydroxylamine groups is 2. The molecule has 0 radical (unpaired) electrons. The summed E-state index contributed by atoms with van der Waals surface area (Å²) in [5.74, 6) is -0.106. The van der Waals surface area contributed by atoms with Gasteiger partial charge in [0.2, 0.25) is 0 Å². The molecule has 0 unspecified atom stereocenters. The van der Waals surface area contributed by atoms with E-state index in [1.165, 1.54) is 26.2 Å². The molecule has 0 saturated carbocycles. The minimum atomic E-state index is -0.106. The first-order valence-corrected chi connectivity index (χ1v) is 7.82. The summed E-state index contributed by atoms with van der Waals surface area (Å²) in [5, 5.41) is 35.4. The van der Waals surface area contributed by atoms with Crippen molar-refractivity contribution in [3.63, 3.8) is 0 Å². The summed E-state index contributed by atoms with van der Waals surface area (Å²) in [7, 11) is 2.85. The van der Waals surface area contributed by atoms with Gasteiger partial charge in [-0.3, -0.25) is 10.3 Å². The number of nitrogens with one attached hydrogen (secondary N) is 1. The van der Waals surface area contributed by atoms with Crippen molar-refractivity contribution >= 4 is 11.4 Å². The van der Waals surface area contributed by atoms with E-state index in [0.717, 1.165) is 16.2 Å². The Labute approximate surface area is 146 Å². The highest BCUT2D eigenvalue weighted by atomic mass is 16.5. The van der Waals surface area contributed by atoms with E-state index in [1.807, 2.05) is 31.2 Å². The van der Waals surface area contributed by atoms with E-state index < -0.39 is 0 Å². The maximum atomic E-state index is 12.2. The summed E-state index contributed by atoms with van der Waals surface area (Å²) in [5.41, 5.74) is 4.51. The maximum absolute atomic E-state index is 12.2. The van der Waals surface area contributed by atoms with Crippen LogP contribution in [0.4, 0.5) is 11.4 Å². The lowest BCUT2D eigenvalue weighted by Crippen LogP contribution is -2.15. The molecule has 1 aromatic heterocycles. The molecule has 3 rings (SSSR count). The molecule has 0 saturated heterocycles. The molecule has 0 aliphatic rings. The third-order valence-electron chi connectivity index (χ3n) is 4.07. The van der Waals surface area contributed by atoms with E-state index in [1.54, 1.807) is 12.1 Å². The van der Waals surface area contributed by atoms with E-state index in [-0.39, 0.29) is 5.75 Å². The molecular weight excluding hydrogens is 318 g/mol. The fraction of sp³-hybridized carbons (Fsp3) is 0.158. The Morgan fingerprint density at radius 3 is 1.80 bits per heavy atom. The lowest BCUT2D eigenvalue weighted by molar-refractivity contribution is -0.268. The summed E-state index contributed by atoms with van der Waals surface area (Å²) in [4.78, 5) is 3.24. The first kappa shape index (κ1) is 16.9. The van der Waals surface area contributed by atoms with Crippen LogP contribution in [-0.2, 0) is 0 Å². The fourth-order valence-electron chi connectivity index (χ4n) is 2.86. The second-order valence-corrected chi connectivity index (χ2v) is 5.98. The van der Waals surface area contributed by atoms with E-state index >= 15 is 0 Å². The van der Waals surface area contributed by atoms with Crippen LogP contribution >= 0.6 is 0 Å². The summed E-state index contributed by atoms with van der Waals surface area (Å²) in [6.07, 6.45) is 0. The van der Waals surface area contributed by atoms with Crippen molar-refractivity contribution in [2.75, 3.05) is 24.2 Å². The lowest BCUT2D eigenvalue weighted by atomic mass is 10.1. The average molecular weight is 337 g/mol. The average Bonchev–Trinajstić information content (AvgIpc) is 2.97. The van der Waals surface area contributed by atoms with E-state index in [4.69, 9.17) is 0 Å². The van der Waals surface area contributed by atoms with Gasteiger partial charge < -0.3 is 20.4 Å². The zero-order chi connectivity index (χ0) is 18.1. The second-order valence-electron chi connectivity index (χ2n) is 5.98. The molecule has 0 atom stereocenters. The van der Waals surface area contributed by atoms with Crippen LogP contribution in [-0.4, -0.2) is 24.3 Å². The Hall–Kier alpha value is -2.96. The summed E-state index contributed by atoms with van der Waals surface area (Å²) in [6.45, 7) is 1.99. The minimum Gasteiger partial charge on any atom is -0.872 e. The monoisotopic (exact) mass is 337 g/mol. The van der Waals surface area contributed by atoms with E-state index in [0.29, 0.717) is 33.4 Å². The minimum absolute atomic E-state index is 0.106. The van der Waals surface area contributed by atoms with Crippen LogP contribution in [0.1, 0.15) is 5.56 Å². The lowest BCUT2D eigenvalue weighted by Gasteiger charge is -2.28. The van der Waals surface area contributed by atoms with Crippen LogP contribution in [0.15, 0.2) is 48.5 Å². The van der Waals surface area contributed by atoms with Gasteiger partial charge in [-0.05, 0) is 14.0 Å². The highest BCUT2D eigenvalue weighted by Crippen LogP contribution is 2.44. The largest absolute Gasteiger partial charge is 0.872 e. The highest BCUT2D eigenvalue weighted by Gasteiger charge is 2.22. The Morgan fingerprint density at radius 1 is 0.840 bits per heavy atom. The van der Waals surface area contributed by atoms with Crippen molar-refractivity contribution in [1.29, 1.82) is 0 Å². The standard InChI is InChI=1S/C19H20N3O3/c1-12-4-6-13(7-5-12)16-18(21(2)24)19(22(3)25)17(20-16)14-8-10-15(23)11-9-14/h4-11,20,23-24H,1-3H3/q-1/p-1. The number of H-pyrrole nitrogens is 1. The summed E-state index contributed by atoms with van der Waals surface area (Å²) in [6, 6.07) is 14.0. The van der Waals surface area contributed by atoms with Crippen molar-refractivity contribution in [1.82, 2.24) is 4.98 Å². The molecule has 6 heteroatoms. The second kappa shape index (κ2) is 6.51. The van der Waals surface area contributed by atoms with Crippen molar-refractivity contribution in [3.05, 3.63) is 59.3 Å². The predicted octanol–water partition coefficient (Wildman–Crippen LogP) is 3.49. The molecule has 6 nitrogen and oxygen atoms in total. The van der Waals surface area contributed by atoms with Gasteiger partial charge in [0.15, 0.2) is 0 Å². The molecule has 130 valence electrons. The van der Waals surface area contributed by atoms with Gasteiger partial charge in [0.1, 0.15) is 5.69 Å². The maximum Gasteiger partial charge on any atom is 0.112 e. The number of aromatic amines is 1. The molecule has 0 aliphatic heterocycles. The number of rotatable bonds is 4. The van der Waals surface area contributed by atoms with Gasteiger partial charge in [-0.2, -0.15) is 0 Å². The van der Waals surface area contributed by atoms with Crippen LogP contribution in [0.5, 0.6) is 5.75 Å². The first-order chi connectivity index (χ1) is 11.9. The van der Waals surface area contributed by atoms with Crippen LogP contribution in [0.3, 0.4) is 0 Å². The number of anilines is 2. The smallest absolute Gasteiger partial charge is 0.112 e. The number of nitrogens with zero attached hydrogens (tertiary/aromatic N) is 2. The topological polar surface area (TPSA) is 88.6 Å². The van der Waals surface area contributed by atoms with Crippen molar-refractivity contribution < 1.29 is 10.3 Å². The molecule has 0 bridgehead atoms. The molecule has 0 amide bonds. The molecule has 25 heavy (non-hydrogen) atoms. The van der Waals surface area contributed by atoms with Gasteiger partial charge >= 0.3 is 0 Å². The third kappa shape index (κ3) is 3.17. The summed E-state index contributed by atoms with van der Waals surface area (Å²) < 4.78 is 0. The number of aryl methyl sites for hydroxylation is 1. The number of hydrogen-bond acceptors (Lipinski definition) is 5. The van der Waals surface area contributed by atoms with Gasteiger partial charge in [0, 0.05) is 18.2 Å². The quantitative estimate of drug-likeness (QED) is 0.711. The zero-order valence-electron chi connectivity index (χ0n) is 14.3. The van der Waals surface area contributed by atoms with Gasteiger partial charge in [0.25, 0.3) is 0 Å². The fourth-order valence-corrected chi connectivity index (χ4v) is 2.86. The molecule has 0 aliphatic carbocycles. The Balaban J connectivity index is 2.27. The number of aromatic nitrogens is 1. The molecule has 3 aromatic rings. The van der Waals surface area contributed by atoms with Gasteiger partial charge in [-0.1, -0.05) is 54.1 Å². The van der Waals surface area contributed by atoms with Crippen molar-refractivity contribution in [2.45, 2.75) is 6.92 Å². The molecule has 0 spiro atoms. The Morgan fingerprint density at radius 2 is 1.32 bits per heavy atom. The van der Waals surface area contributed by atoms with Crippen molar-refractivity contribution in [3.8, 4) is 28.3 Å².